The van der Waals surface area contributed by atoms with E-state index in [0.29, 0.717) is 34.2 Å². The number of carbonyl (C=O) groups excluding carboxylic acids is 2. The number of hydrogen-bond donors (Lipinski definition) is 1. The van der Waals surface area contributed by atoms with Gasteiger partial charge in [0.15, 0.2) is 0 Å². The number of Topliss-reactive ketones (excluding diaryl/α,β-unsaturated/α-hetero) is 1. The molecular weight excluding hydrogens is 438 g/mol. The van der Waals surface area contributed by atoms with Crippen LogP contribution in [-0.2, 0) is 9.59 Å². The lowest BCUT2D eigenvalue weighted by Crippen LogP contribution is -2.29. The van der Waals surface area contributed by atoms with E-state index in [1.54, 1.807) is 48.5 Å². The zero-order chi connectivity index (χ0) is 23.7. The highest BCUT2D eigenvalue weighted by atomic mass is 35.5. The summed E-state index contributed by atoms with van der Waals surface area (Å²) in [6.07, 6.45) is 0. The van der Waals surface area contributed by atoms with Gasteiger partial charge in [-0.05, 0) is 74.4 Å². The summed E-state index contributed by atoms with van der Waals surface area (Å²) in [4.78, 5) is 27.9. The number of ether oxygens (including phenoxy) is 1. The Balaban J connectivity index is 1.92. The smallest absolute Gasteiger partial charge is 0.300 e. The molecule has 0 radical (unpaired) electrons. The zero-order valence-electron chi connectivity index (χ0n) is 18.6. The molecule has 0 spiro atoms. The molecule has 33 heavy (non-hydrogen) atoms. The van der Waals surface area contributed by atoms with Crippen LogP contribution in [0.15, 0.2) is 72.3 Å². The molecule has 1 saturated heterocycles. The van der Waals surface area contributed by atoms with Crippen molar-refractivity contribution in [2.24, 2.45) is 0 Å². The number of amides is 1. The lowest BCUT2D eigenvalue weighted by Gasteiger charge is -2.26. The number of anilines is 1. The first-order chi connectivity index (χ1) is 15.8. The van der Waals surface area contributed by atoms with Crippen molar-refractivity contribution >= 4 is 34.7 Å². The van der Waals surface area contributed by atoms with Crippen molar-refractivity contribution in [3.63, 3.8) is 0 Å². The van der Waals surface area contributed by atoms with Crippen molar-refractivity contribution in [1.82, 2.24) is 0 Å². The van der Waals surface area contributed by atoms with Gasteiger partial charge in [0.05, 0.1) is 18.2 Å². The van der Waals surface area contributed by atoms with Crippen molar-refractivity contribution in [1.29, 1.82) is 0 Å². The van der Waals surface area contributed by atoms with Crippen LogP contribution in [0.25, 0.3) is 5.76 Å². The molecule has 1 aliphatic heterocycles. The largest absolute Gasteiger partial charge is 0.507 e. The number of halogens is 1. The van der Waals surface area contributed by atoms with Gasteiger partial charge in [-0.1, -0.05) is 41.4 Å². The second kappa shape index (κ2) is 9.12. The third-order valence-corrected chi connectivity index (χ3v) is 5.96. The number of ketones is 1. The van der Waals surface area contributed by atoms with Crippen LogP contribution in [0.3, 0.4) is 0 Å². The average molecular weight is 462 g/mol. The van der Waals surface area contributed by atoms with E-state index in [-0.39, 0.29) is 11.3 Å². The van der Waals surface area contributed by atoms with E-state index < -0.39 is 17.7 Å². The third-order valence-electron chi connectivity index (χ3n) is 5.70. The Bertz CT molecular complexity index is 1250. The Morgan fingerprint density at radius 2 is 1.67 bits per heavy atom. The second-order valence-corrected chi connectivity index (χ2v) is 8.40. The fourth-order valence-corrected chi connectivity index (χ4v) is 4.19. The predicted octanol–water partition coefficient (Wildman–Crippen LogP) is 5.98. The van der Waals surface area contributed by atoms with Crippen LogP contribution in [0, 0.1) is 13.8 Å². The van der Waals surface area contributed by atoms with Crippen LogP contribution in [0.5, 0.6) is 5.75 Å². The molecule has 1 unspecified atom stereocenters. The molecule has 4 rings (SSSR count). The fraction of sp³-hybridized carbons (Fsp3) is 0.185. The summed E-state index contributed by atoms with van der Waals surface area (Å²) >= 11 is 6.09. The number of carbonyl (C=O) groups is 2. The highest BCUT2D eigenvalue weighted by Crippen LogP contribution is 2.43. The van der Waals surface area contributed by atoms with E-state index in [9.17, 15) is 14.7 Å². The summed E-state index contributed by atoms with van der Waals surface area (Å²) in [6.45, 7) is 6.17. The summed E-state index contributed by atoms with van der Waals surface area (Å²) in [5.74, 6) is -0.965. The van der Waals surface area contributed by atoms with E-state index in [1.165, 1.54) is 4.90 Å². The molecule has 5 nitrogen and oxygen atoms in total. The maximum Gasteiger partial charge on any atom is 0.300 e. The molecule has 1 heterocycles. The molecule has 1 amide bonds. The molecular formula is C27H24ClNO4. The molecule has 0 aromatic heterocycles. The first kappa shape index (κ1) is 22.6. The van der Waals surface area contributed by atoms with Crippen molar-refractivity contribution in [2.45, 2.75) is 26.8 Å². The zero-order valence-corrected chi connectivity index (χ0v) is 19.4. The number of aliphatic hydroxyl groups is 1. The first-order valence-electron chi connectivity index (χ1n) is 10.7. The topological polar surface area (TPSA) is 66.8 Å². The maximum absolute atomic E-state index is 13.3. The third kappa shape index (κ3) is 4.24. The average Bonchev–Trinajstić information content (AvgIpc) is 3.07. The normalized spacial score (nSPS) is 17.5. The summed E-state index contributed by atoms with van der Waals surface area (Å²) in [6, 6.07) is 18.7. The summed E-state index contributed by atoms with van der Waals surface area (Å²) in [5, 5.41) is 11.8. The van der Waals surface area contributed by atoms with E-state index in [4.69, 9.17) is 16.3 Å². The van der Waals surface area contributed by atoms with Crippen molar-refractivity contribution in [3.8, 4) is 5.75 Å². The Labute approximate surface area is 197 Å². The van der Waals surface area contributed by atoms with Crippen molar-refractivity contribution in [3.05, 3.63) is 99.6 Å². The molecule has 1 fully saturated rings. The van der Waals surface area contributed by atoms with Crippen LogP contribution < -0.4 is 9.64 Å². The standard InChI is InChI=1S/C27H24ClNO4/c1-4-33-21-13-11-20(12-14-21)29-24(18-7-9-19(28)10-8-18)23(26(31)27(29)32)25(30)22-15-16(2)5-6-17(22)3/h5-15,24,30H,4H2,1-3H3/b25-23+. The maximum atomic E-state index is 13.3. The number of benzene rings is 3. The summed E-state index contributed by atoms with van der Waals surface area (Å²) in [7, 11) is 0. The molecule has 168 valence electrons. The fourth-order valence-electron chi connectivity index (χ4n) is 4.06. The van der Waals surface area contributed by atoms with Crippen LogP contribution in [0.2, 0.25) is 5.02 Å². The number of aliphatic hydroxyl groups excluding tert-OH is 1. The van der Waals surface area contributed by atoms with E-state index in [0.717, 1.165) is 11.1 Å². The highest BCUT2D eigenvalue weighted by molar-refractivity contribution is 6.51. The Kier molecular flexibility index (Phi) is 6.25. The van der Waals surface area contributed by atoms with Gasteiger partial charge >= 0.3 is 0 Å². The quantitative estimate of drug-likeness (QED) is 0.288. The number of rotatable bonds is 5. The van der Waals surface area contributed by atoms with Gasteiger partial charge in [0, 0.05) is 16.3 Å². The van der Waals surface area contributed by atoms with Gasteiger partial charge in [-0.2, -0.15) is 0 Å². The Hall–Kier alpha value is -3.57. The lowest BCUT2D eigenvalue weighted by molar-refractivity contribution is -0.132. The monoisotopic (exact) mass is 461 g/mol. The summed E-state index contributed by atoms with van der Waals surface area (Å²) in [5.41, 5.74) is 3.51. The number of nitrogens with zero attached hydrogens (tertiary/aromatic N) is 1. The minimum atomic E-state index is -0.805. The minimum absolute atomic E-state index is 0.0462. The minimum Gasteiger partial charge on any atom is -0.507 e. The van der Waals surface area contributed by atoms with E-state index in [1.807, 2.05) is 39.0 Å². The molecule has 1 atom stereocenters. The molecule has 3 aromatic carbocycles. The highest BCUT2D eigenvalue weighted by Gasteiger charge is 2.47. The van der Waals surface area contributed by atoms with Gasteiger partial charge in [-0.15, -0.1) is 0 Å². The summed E-state index contributed by atoms with van der Waals surface area (Å²) < 4.78 is 5.50. The molecule has 1 aliphatic rings. The predicted molar refractivity (Wildman–Crippen MR) is 130 cm³/mol. The van der Waals surface area contributed by atoms with Gasteiger partial charge < -0.3 is 9.84 Å². The van der Waals surface area contributed by atoms with Crippen LogP contribution in [-0.4, -0.2) is 23.4 Å². The molecule has 0 aliphatic carbocycles. The lowest BCUT2D eigenvalue weighted by atomic mass is 9.93. The van der Waals surface area contributed by atoms with E-state index in [2.05, 4.69) is 0 Å². The molecule has 3 aromatic rings. The first-order valence-corrected chi connectivity index (χ1v) is 11.1. The van der Waals surface area contributed by atoms with Gasteiger partial charge in [0.2, 0.25) is 0 Å². The molecule has 0 saturated carbocycles. The Morgan fingerprint density at radius 1 is 1.00 bits per heavy atom. The van der Waals surface area contributed by atoms with E-state index >= 15 is 0 Å². The number of aryl methyl sites for hydroxylation is 2. The van der Waals surface area contributed by atoms with Crippen molar-refractivity contribution < 1.29 is 19.4 Å². The van der Waals surface area contributed by atoms with Crippen LogP contribution >= 0.6 is 11.6 Å². The van der Waals surface area contributed by atoms with Crippen molar-refractivity contribution in [2.75, 3.05) is 11.5 Å². The van der Waals surface area contributed by atoms with Crippen LogP contribution in [0.1, 0.15) is 35.2 Å². The molecule has 6 heteroatoms. The van der Waals surface area contributed by atoms with Gasteiger partial charge in [-0.3, -0.25) is 14.5 Å². The Morgan fingerprint density at radius 3 is 2.30 bits per heavy atom. The van der Waals surface area contributed by atoms with Crippen LogP contribution in [0.4, 0.5) is 5.69 Å². The second-order valence-electron chi connectivity index (χ2n) is 7.97. The molecule has 1 N–H and O–H groups in total. The molecule has 0 bridgehead atoms. The van der Waals surface area contributed by atoms with Gasteiger partial charge in [0.25, 0.3) is 11.7 Å². The number of hydrogen-bond acceptors (Lipinski definition) is 4. The van der Waals surface area contributed by atoms with Gasteiger partial charge in [-0.25, -0.2) is 0 Å². The van der Waals surface area contributed by atoms with Gasteiger partial charge in [0.1, 0.15) is 11.5 Å². The SMILES string of the molecule is CCOc1ccc(N2C(=O)C(=O)/C(=C(/O)c3cc(C)ccc3C)C2c2ccc(Cl)cc2)cc1.